The second kappa shape index (κ2) is 2.99. The lowest BCUT2D eigenvalue weighted by molar-refractivity contribution is 0.125. The quantitative estimate of drug-likeness (QED) is 0.525. The van der Waals surface area contributed by atoms with Crippen LogP contribution in [0.15, 0.2) is 12.2 Å². The van der Waals surface area contributed by atoms with Crippen molar-refractivity contribution in [3.63, 3.8) is 0 Å². The van der Waals surface area contributed by atoms with E-state index < -0.39 is 0 Å². The van der Waals surface area contributed by atoms with Gasteiger partial charge in [-0.2, -0.15) is 0 Å². The molecular formula is C7H12O2. The van der Waals surface area contributed by atoms with Crippen molar-refractivity contribution in [2.45, 2.75) is 18.9 Å². The van der Waals surface area contributed by atoms with Gasteiger partial charge < -0.3 is 10.2 Å². The van der Waals surface area contributed by atoms with Gasteiger partial charge in [-0.15, -0.1) is 0 Å². The third-order valence-electron chi connectivity index (χ3n) is 1.72. The zero-order valence-corrected chi connectivity index (χ0v) is 5.33. The molecular weight excluding hydrogens is 116 g/mol. The molecule has 2 nitrogen and oxygen atoms in total. The average Bonchev–Trinajstić information content (AvgIpc) is 2.18. The van der Waals surface area contributed by atoms with Gasteiger partial charge in [0.25, 0.3) is 0 Å². The van der Waals surface area contributed by atoms with Crippen molar-refractivity contribution in [2.24, 2.45) is 5.92 Å². The van der Waals surface area contributed by atoms with Crippen LogP contribution in [0, 0.1) is 5.92 Å². The summed E-state index contributed by atoms with van der Waals surface area (Å²) in [5.41, 5.74) is 0. The van der Waals surface area contributed by atoms with E-state index in [0.29, 0.717) is 6.42 Å². The summed E-state index contributed by atoms with van der Waals surface area (Å²) < 4.78 is 0. The summed E-state index contributed by atoms with van der Waals surface area (Å²) in [5, 5.41) is 17.6. The molecule has 2 N–H and O–H groups in total. The molecule has 2 atom stereocenters. The van der Waals surface area contributed by atoms with Gasteiger partial charge in [0, 0.05) is 12.5 Å². The molecule has 52 valence electrons. The van der Waals surface area contributed by atoms with Gasteiger partial charge in [-0.05, 0) is 12.8 Å². The highest BCUT2D eigenvalue weighted by Gasteiger charge is 2.18. The average molecular weight is 128 g/mol. The summed E-state index contributed by atoms with van der Waals surface area (Å²) in [4.78, 5) is 0. The number of aliphatic hydroxyl groups is 2. The van der Waals surface area contributed by atoms with E-state index in [0.717, 1.165) is 6.42 Å². The van der Waals surface area contributed by atoms with Crippen LogP contribution in [-0.2, 0) is 0 Å². The van der Waals surface area contributed by atoms with Gasteiger partial charge in [0.2, 0.25) is 0 Å². The molecule has 1 aliphatic carbocycles. The Labute approximate surface area is 54.8 Å². The monoisotopic (exact) mass is 128 g/mol. The molecule has 2 heteroatoms. The van der Waals surface area contributed by atoms with E-state index in [-0.39, 0.29) is 18.6 Å². The van der Waals surface area contributed by atoms with E-state index in [2.05, 4.69) is 0 Å². The topological polar surface area (TPSA) is 40.5 Å². The molecule has 1 rings (SSSR count). The van der Waals surface area contributed by atoms with Crippen molar-refractivity contribution in [3.05, 3.63) is 12.2 Å². The Morgan fingerprint density at radius 1 is 1.56 bits per heavy atom. The Bertz CT molecular complexity index is 109. The molecule has 0 spiro atoms. The molecule has 0 aromatic carbocycles. The second-order valence-electron chi connectivity index (χ2n) is 2.41. The first-order valence-corrected chi connectivity index (χ1v) is 3.30. The van der Waals surface area contributed by atoms with Gasteiger partial charge >= 0.3 is 0 Å². The van der Waals surface area contributed by atoms with Crippen LogP contribution in [-0.4, -0.2) is 22.9 Å². The van der Waals surface area contributed by atoms with Crippen LogP contribution >= 0.6 is 0 Å². The molecule has 0 aliphatic heterocycles. The number of aliphatic hydroxyl groups excluding tert-OH is 2. The molecule has 0 aromatic heterocycles. The lowest BCUT2D eigenvalue weighted by atomic mass is 10.0. The summed E-state index contributed by atoms with van der Waals surface area (Å²) in [6.07, 6.45) is 5.14. The molecule has 0 aromatic rings. The van der Waals surface area contributed by atoms with E-state index in [1.165, 1.54) is 0 Å². The zero-order valence-electron chi connectivity index (χ0n) is 5.33. The van der Waals surface area contributed by atoms with Crippen molar-refractivity contribution in [1.82, 2.24) is 0 Å². The van der Waals surface area contributed by atoms with Gasteiger partial charge in [-0.1, -0.05) is 12.2 Å². The summed E-state index contributed by atoms with van der Waals surface area (Å²) in [7, 11) is 0. The zero-order chi connectivity index (χ0) is 6.69. The van der Waals surface area contributed by atoms with Crippen LogP contribution in [0.1, 0.15) is 12.8 Å². The molecule has 1 aliphatic rings. The molecule has 0 heterocycles. The minimum Gasteiger partial charge on any atom is -0.396 e. The first kappa shape index (κ1) is 6.78. The Morgan fingerprint density at radius 3 is 2.78 bits per heavy atom. The second-order valence-corrected chi connectivity index (χ2v) is 2.41. The minimum absolute atomic E-state index is 0.173. The molecule has 0 fully saturated rings. The molecule has 9 heavy (non-hydrogen) atoms. The Balaban J connectivity index is 2.31. The first-order chi connectivity index (χ1) is 4.34. The predicted octanol–water partition coefficient (Wildman–Crippen LogP) is 0.306. The smallest absolute Gasteiger partial charge is 0.0638 e. The van der Waals surface area contributed by atoms with Crippen LogP contribution in [0.5, 0.6) is 0 Å². The van der Waals surface area contributed by atoms with Crippen LogP contribution in [0.3, 0.4) is 0 Å². The lowest BCUT2D eigenvalue weighted by Crippen LogP contribution is -2.14. The molecule has 0 amide bonds. The van der Waals surface area contributed by atoms with Crippen molar-refractivity contribution in [1.29, 1.82) is 0 Å². The maximum Gasteiger partial charge on any atom is 0.0638 e. The summed E-state index contributed by atoms with van der Waals surface area (Å²) >= 11 is 0. The molecule has 0 bridgehead atoms. The van der Waals surface area contributed by atoms with E-state index in [4.69, 9.17) is 10.2 Å². The number of hydrogen-bond donors (Lipinski definition) is 2. The van der Waals surface area contributed by atoms with E-state index in [9.17, 15) is 0 Å². The minimum atomic E-state index is -0.239. The third-order valence-corrected chi connectivity index (χ3v) is 1.72. The standard InChI is InChI=1S/C7H12O2/c8-5-4-6-2-1-3-7(6)9/h1-2,6-9H,3-5H2. The normalized spacial score (nSPS) is 33.6. The first-order valence-electron chi connectivity index (χ1n) is 3.30. The largest absolute Gasteiger partial charge is 0.396 e. The number of rotatable bonds is 2. The van der Waals surface area contributed by atoms with Crippen LogP contribution in [0.4, 0.5) is 0 Å². The number of hydrogen-bond acceptors (Lipinski definition) is 2. The Hall–Kier alpha value is -0.340. The summed E-state index contributed by atoms with van der Waals surface area (Å²) in [6, 6.07) is 0. The van der Waals surface area contributed by atoms with Gasteiger partial charge in [-0.25, -0.2) is 0 Å². The van der Waals surface area contributed by atoms with E-state index in [1.807, 2.05) is 12.2 Å². The Kier molecular flexibility index (Phi) is 2.25. The van der Waals surface area contributed by atoms with Crippen LogP contribution < -0.4 is 0 Å². The van der Waals surface area contributed by atoms with Crippen molar-refractivity contribution < 1.29 is 10.2 Å². The molecule has 0 saturated carbocycles. The fraction of sp³-hybridized carbons (Fsp3) is 0.714. The fourth-order valence-corrected chi connectivity index (χ4v) is 1.13. The predicted molar refractivity (Wildman–Crippen MR) is 35.0 cm³/mol. The molecule has 0 saturated heterocycles. The molecule has 0 radical (unpaired) electrons. The third kappa shape index (κ3) is 1.53. The van der Waals surface area contributed by atoms with Crippen LogP contribution in [0.25, 0.3) is 0 Å². The molecule has 2 unspecified atom stereocenters. The van der Waals surface area contributed by atoms with Crippen LogP contribution in [0.2, 0.25) is 0 Å². The van der Waals surface area contributed by atoms with E-state index >= 15 is 0 Å². The van der Waals surface area contributed by atoms with Crippen molar-refractivity contribution in [3.8, 4) is 0 Å². The summed E-state index contributed by atoms with van der Waals surface area (Å²) in [5.74, 6) is 0.204. The van der Waals surface area contributed by atoms with Gasteiger partial charge in [-0.3, -0.25) is 0 Å². The van der Waals surface area contributed by atoms with Crippen molar-refractivity contribution >= 4 is 0 Å². The van der Waals surface area contributed by atoms with Gasteiger partial charge in [0.05, 0.1) is 6.10 Å². The SMILES string of the molecule is OCCC1C=CCC1O. The van der Waals surface area contributed by atoms with Gasteiger partial charge in [0.1, 0.15) is 0 Å². The fourth-order valence-electron chi connectivity index (χ4n) is 1.13. The van der Waals surface area contributed by atoms with Gasteiger partial charge in [0.15, 0.2) is 0 Å². The maximum absolute atomic E-state index is 9.15. The lowest BCUT2D eigenvalue weighted by Gasteiger charge is -2.10. The highest BCUT2D eigenvalue weighted by molar-refractivity contribution is 5.01. The van der Waals surface area contributed by atoms with Crippen molar-refractivity contribution in [2.75, 3.05) is 6.61 Å². The van der Waals surface area contributed by atoms with E-state index in [1.54, 1.807) is 0 Å². The summed E-state index contributed by atoms with van der Waals surface area (Å²) in [6.45, 7) is 0.173. The maximum atomic E-state index is 9.15. The Morgan fingerprint density at radius 2 is 2.33 bits per heavy atom. The highest BCUT2D eigenvalue weighted by Crippen LogP contribution is 2.20. The highest BCUT2D eigenvalue weighted by atomic mass is 16.3.